The predicted octanol–water partition coefficient (Wildman–Crippen LogP) is 2.96. The molecule has 0 bridgehead atoms. The number of hydrogen-bond acceptors (Lipinski definition) is 5. The first-order valence-corrected chi connectivity index (χ1v) is 9.18. The van der Waals surface area contributed by atoms with Gasteiger partial charge in [-0.15, -0.1) is 0 Å². The van der Waals surface area contributed by atoms with Crippen LogP contribution >= 0.6 is 15.9 Å². The fourth-order valence-corrected chi connectivity index (χ4v) is 4.12. The molecule has 5 nitrogen and oxygen atoms in total. The molecule has 3 aliphatic rings. The fourth-order valence-electron chi connectivity index (χ4n) is 3.72. The summed E-state index contributed by atoms with van der Waals surface area (Å²) >= 11 is 3.19. The zero-order valence-corrected chi connectivity index (χ0v) is 15.9. The van der Waals surface area contributed by atoms with Crippen LogP contribution in [0, 0.1) is 11.7 Å². The highest BCUT2D eigenvalue weighted by Gasteiger charge is 2.47. The molecule has 0 spiro atoms. The van der Waals surface area contributed by atoms with E-state index in [1.54, 1.807) is 12.1 Å². The first kappa shape index (κ1) is 17.4. The van der Waals surface area contributed by atoms with Gasteiger partial charge in [-0.25, -0.2) is 9.18 Å². The lowest BCUT2D eigenvalue weighted by Gasteiger charge is -2.33. The second-order valence-corrected chi connectivity index (χ2v) is 7.79. The van der Waals surface area contributed by atoms with Gasteiger partial charge in [0.2, 0.25) is 0 Å². The van der Waals surface area contributed by atoms with Crippen LogP contribution in [-0.4, -0.2) is 31.1 Å². The van der Waals surface area contributed by atoms with E-state index in [1.807, 2.05) is 13.8 Å². The number of ether oxygens (including phenoxy) is 2. The van der Waals surface area contributed by atoms with Crippen molar-refractivity contribution in [1.29, 1.82) is 0 Å². The van der Waals surface area contributed by atoms with Gasteiger partial charge in [0.15, 0.2) is 5.78 Å². The zero-order valence-electron chi connectivity index (χ0n) is 14.3. The first-order chi connectivity index (χ1) is 12.4. The lowest BCUT2D eigenvalue weighted by Crippen LogP contribution is -2.38. The molecule has 1 aromatic carbocycles. The van der Waals surface area contributed by atoms with E-state index < -0.39 is 23.8 Å². The highest BCUT2D eigenvalue weighted by Crippen LogP contribution is 2.45. The Kier molecular flexibility index (Phi) is 4.23. The quantitative estimate of drug-likeness (QED) is 0.743. The van der Waals surface area contributed by atoms with E-state index in [0.29, 0.717) is 28.1 Å². The maximum atomic E-state index is 13.7. The van der Waals surface area contributed by atoms with Crippen molar-refractivity contribution in [3.63, 3.8) is 0 Å². The maximum absolute atomic E-state index is 13.7. The molecule has 2 atom stereocenters. The van der Waals surface area contributed by atoms with Gasteiger partial charge in [0, 0.05) is 17.2 Å². The van der Waals surface area contributed by atoms with E-state index in [4.69, 9.17) is 9.47 Å². The summed E-state index contributed by atoms with van der Waals surface area (Å²) in [7, 11) is 0. The summed E-state index contributed by atoms with van der Waals surface area (Å²) < 4.78 is 24.9. The Balaban J connectivity index is 1.92. The minimum atomic E-state index is -0.592. The van der Waals surface area contributed by atoms with Crippen molar-refractivity contribution >= 4 is 27.7 Å². The van der Waals surface area contributed by atoms with Crippen LogP contribution in [0.5, 0.6) is 0 Å². The molecule has 0 unspecified atom stereocenters. The molecule has 0 radical (unpaired) electrons. The van der Waals surface area contributed by atoms with E-state index in [9.17, 15) is 14.0 Å². The molecule has 0 aromatic heterocycles. The SMILES string of the molecule is CC(C)[C@@H]1OC(=O)C2=C1NC1=C(C(=O)COC1)[C@H]2c1ccc(F)c(Br)c1. The number of esters is 1. The van der Waals surface area contributed by atoms with Gasteiger partial charge >= 0.3 is 5.97 Å². The third-order valence-corrected chi connectivity index (χ3v) is 5.49. The van der Waals surface area contributed by atoms with Gasteiger partial charge in [-0.3, -0.25) is 4.79 Å². The van der Waals surface area contributed by atoms with Gasteiger partial charge in [0.05, 0.1) is 22.3 Å². The van der Waals surface area contributed by atoms with Crippen molar-refractivity contribution in [3.8, 4) is 0 Å². The number of hydrogen-bond donors (Lipinski definition) is 1. The normalized spacial score (nSPS) is 25.3. The van der Waals surface area contributed by atoms with Crippen molar-refractivity contribution in [1.82, 2.24) is 5.32 Å². The zero-order chi connectivity index (χ0) is 18.6. The van der Waals surface area contributed by atoms with Crippen LogP contribution in [0.3, 0.4) is 0 Å². The maximum Gasteiger partial charge on any atom is 0.337 e. The van der Waals surface area contributed by atoms with E-state index >= 15 is 0 Å². The standard InChI is InChI=1S/C19H17BrFNO4/c1-8(2)18-17-16(19(24)26-18)14(9-3-4-11(21)10(20)5-9)15-12(22-17)6-25-7-13(15)23/h3-5,8,14,18,22H,6-7H2,1-2H3/t14-,18+/m1/s1. The molecule has 0 aliphatic carbocycles. The summed E-state index contributed by atoms with van der Waals surface area (Å²) in [6, 6.07) is 4.54. The first-order valence-electron chi connectivity index (χ1n) is 8.39. The van der Waals surface area contributed by atoms with E-state index in [1.165, 1.54) is 6.07 Å². The van der Waals surface area contributed by atoms with Crippen LogP contribution in [0.2, 0.25) is 0 Å². The molecule has 4 rings (SSSR count). The number of cyclic esters (lactones) is 1. The third-order valence-electron chi connectivity index (χ3n) is 4.88. The molecule has 1 N–H and O–H groups in total. The molecule has 7 heteroatoms. The molecule has 3 aliphatic heterocycles. The summed E-state index contributed by atoms with van der Waals surface area (Å²) in [5, 5.41) is 3.22. The van der Waals surface area contributed by atoms with Crippen molar-refractivity contribution in [3.05, 3.63) is 56.6 Å². The molecule has 1 aromatic rings. The molecule has 0 fully saturated rings. The van der Waals surface area contributed by atoms with Crippen molar-refractivity contribution in [2.24, 2.45) is 5.92 Å². The topological polar surface area (TPSA) is 64.6 Å². The molecule has 0 saturated heterocycles. The molecule has 0 amide bonds. The number of ketones is 1. The van der Waals surface area contributed by atoms with Crippen molar-refractivity contribution in [2.75, 3.05) is 13.2 Å². The highest BCUT2D eigenvalue weighted by atomic mass is 79.9. The van der Waals surface area contributed by atoms with Gasteiger partial charge in [0.1, 0.15) is 18.5 Å². The average Bonchev–Trinajstić information content (AvgIpc) is 2.93. The fraction of sp³-hybridized carbons (Fsp3) is 0.368. The minimum absolute atomic E-state index is 0.0371. The van der Waals surface area contributed by atoms with Crippen LogP contribution < -0.4 is 5.32 Å². The van der Waals surface area contributed by atoms with Gasteiger partial charge in [-0.1, -0.05) is 19.9 Å². The number of dihydropyridines is 1. The number of Topliss-reactive ketones (excluding diaryl/α,β-unsaturated/α-hetero) is 1. The Morgan fingerprint density at radius 1 is 1.23 bits per heavy atom. The Bertz CT molecular complexity index is 890. The number of nitrogens with one attached hydrogen (secondary N) is 1. The minimum Gasteiger partial charge on any atom is -0.452 e. The van der Waals surface area contributed by atoms with E-state index in [0.717, 1.165) is 0 Å². The van der Waals surface area contributed by atoms with Gasteiger partial charge in [-0.2, -0.15) is 0 Å². The summed E-state index contributed by atoms with van der Waals surface area (Å²) in [6.45, 7) is 4.15. The molecule has 0 saturated carbocycles. The molecular formula is C19H17BrFNO4. The monoisotopic (exact) mass is 421 g/mol. The summed E-state index contributed by atoms with van der Waals surface area (Å²) in [5.41, 5.74) is 2.91. The number of halogens is 2. The summed E-state index contributed by atoms with van der Waals surface area (Å²) in [4.78, 5) is 25.3. The van der Waals surface area contributed by atoms with E-state index in [2.05, 4.69) is 21.2 Å². The molecule has 136 valence electrons. The molecule has 3 heterocycles. The van der Waals surface area contributed by atoms with Crippen LogP contribution in [0.25, 0.3) is 0 Å². The van der Waals surface area contributed by atoms with Gasteiger partial charge < -0.3 is 14.8 Å². The highest BCUT2D eigenvalue weighted by molar-refractivity contribution is 9.10. The third kappa shape index (κ3) is 2.61. The lowest BCUT2D eigenvalue weighted by atomic mass is 9.77. The Labute approximate surface area is 158 Å². The van der Waals surface area contributed by atoms with Crippen molar-refractivity contribution < 1.29 is 23.5 Å². The van der Waals surface area contributed by atoms with E-state index in [-0.39, 0.29) is 29.4 Å². The number of carbonyl (C=O) groups excluding carboxylic acids is 2. The number of benzene rings is 1. The largest absolute Gasteiger partial charge is 0.452 e. The van der Waals surface area contributed by atoms with Gasteiger partial charge in [-0.05, 0) is 39.5 Å². The van der Waals surface area contributed by atoms with Gasteiger partial charge in [0.25, 0.3) is 0 Å². The van der Waals surface area contributed by atoms with Crippen LogP contribution in [0.15, 0.2) is 45.2 Å². The molecule has 26 heavy (non-hydrogen) atoms. The second-order valence-electron chi connectivity index (χ2n) is 6.94. The lowest BCUT2D eigenvalue weighted by molar-refractivity contribution is -0.141. The Hall–Kier alpha value is -1.99. The smallest absolute Gasteiger partial charge is 0.337 e. The summed E-state index contributed by atoms with van der Waals surface area (Å²) in [5.74, 6) is -1.55. The molecular weight excluding hydrogens is 405 g/mol. The predicted molar refractivity (Wildman–Crippen MR) is 94.6 cm³/mol. The second kappa shape index (κ2) is 6.32. The average molecular weight is 422 g/mol. The number of rotatable bonds is 2. The van der Waals surface area contributed by atoms with Crippen LogP contribution in [0.4, 0.5) is 4.39 Å². The van der Waals surface area contributed by atoms with Crippen LogP contribution in [0.1, 0.15) is 25.3 Å². The number of carbonyl (C=O) groups is 2. The summed E-state index contributed by atoms with van der Waals surface area (Å²) in [6.07, 6.45) is -0.407. The Morgan fingerprint density at radius 3 is 2.69 bits per heavy atom. The Morgan fingerprint density at radius 2 is 2.00 bits per heavy atom. The van der Waals surface area contributed by atoms with Crippen molar-refractivity contribution in [2.45, 2.75) is 25.9 Å². The van der Waals surface area contributed by atoms with Crippen LogP contribution in [-0.2, 0) is 19.1 Å².